The van der Waals surface area contributed by atoms with Gasteiger partial charge < -0.3 is 75.1 Å². The standard InChI is InChI=1S/C27H34O17/c28-7-17-19(34)20(35)22(37)27(41-17)44-43-25-18(8-29)42-26(23(38)21(25)36)40-16-5-10(30)4-15-11(16)6-14(33)24(39-15)9-1-2-12(31)13(32)3-9/h1-5,14,17-38H,6-8H2/t14-,17+,18+,19+,20-,21+,22+,23+,24+,25+,26-,27+/m0/s1. The van der Waals surface area contributed by atoms with E-state index in [0.717, 1.165) is 6.07 Å². The highest BCUT2D eigenvalue weighted by molar-refractivity contribution is 5.53. The minimum absolute atomic E-state index is 0.0848. The molecular formula is C27H34O17. The molecule has 2 saturated heterocycles. The maximum absolute atomic E-state index is 10.8. The van der Waals surface area contributed by atoms with Gasteiger partial charge in [0, 0.05) is 24.1 Å². The summed E-state index contributed by atoms with van der Waals surface area (Å²) in [6.45, 7) is -1.54. The van der Waals surface area contributed by atoms with Crippen LogP contribution in [0.4, 0.5) is 0 Å². The van der Waals surface area contributed by atoms with E-state index in [1.54, 1.807) is 0 Å². The summed E-state index contributed by atoms with van der Waals surface area (Å²) >= 11 is 0. The van der Waals surface area contributed by atoms with Gasteiger partial charge in [-0.3, -0.25) is 0 Å². The molecule has 0 amide bonds. The molecule has 17 heteroatoms. The van der Waals surface area contributed by atoms with E-state index in [1.165, 1.54) is 24.3 Å². The van der Waals surface area contributed by atoms with Crippen molar-refractivity contribution < 1.29 is 84.9 Å². The Morgan fingerprint density at radius 1 is 0.705 bits per heavy atom. The number of benzene rings is 2. The number of rotatable bonds is 8. The Morgan fingerprint density at radius 2 is 1.39 bits per heavy atom. The number of fused-ring (bicyclic) bond motifs is 1. The molecule has 3 aliphatic rings. The number of aliphatic hydroxyl groups is 8. The molecule has 17 nitrogen and oxygen atoms in total. The highest BCUT2D eigenvalue weighted by atomic mass is 17.2. The SMILES string of the molecule is OC[C@H]1O[C@H](OO[C@H]2[C@H](O)[C@@H](O)[C@@H](Oc3cc(O)cc4c3C[C@H](O)[C@@H](c3ccc(O)c(O)c3)O4)O[C@@H]2CO)[C@H](O)[C@@H](O)[C@@H]1O. The smallest absolute Gasteiger partial charge is 0.229 e. The van der Waals surface area contributed by atoms with Crippen LogP contribution in [0.5, 0.6) is 28.7 Å². The normalized spacial score (nSPS) is 37.2. The molecule has 244 valence electrons. The molecule has 12 atom stereocenters. The zero-order chi connectivity index (χ0) is 31.9. The Morgan fingerprint density at radius 3 is 2.07 bits per heavy atom. The third-order valence-electron chi connectivity index (χ3n) is 7.67. The minimum atomic E-state index is -1.86. The van der Waals surface area contributed by atoms with Gasteiger partial charge in [0.1, 0.15) is 66.1 Å². The lowest BCUT2D eigenvalue weighted by molar-refractivity contribution is -0.463. The van der Waals surface area contributed by atoms with Crippen molar-refractivity contribution in [2.45, 2.75) is 80.0 Å². The summed E-state index contributed by atoms with van der Waals surface area (Å²) in [5, 5.41) is 111. The fourth-order valence-corrected chi connectivity index (χ4v) is 5.22. The molecule has 0 saturated carbocycles. The van der Waals surface area contributed by atoms with E-state index < -0.39 is 92.6 Å². The molecule has 3 aliphatic heterocycles. The topological polar surface area (TPSA) is 278 Å². The van der Waals surface area contributed by atoms with Crippen molar-refractivity contribution in [1.82, 2.24) is 0 Å². The molecule has 2 aromatic carbocycles. The zero-order valence-corrected chi connectivity index (χ0v) is 22.8. The number of aromatic hydroxyl groups is 3. The van der Waals surface area contributed by atoms with Gasteiger partial charge >= 0.3 is 0 Å². The molecule has 3 heterocycles. The average molecular weight is 631 g/mol. The van der Waals surface area contributed by atoms with Crippen LogP contribution in [0.2, 0.25) is 0 Å². The van der Waals surface area contributed by atoms with Gasteiger partial charge in [0.05, 0.1) is 19.3 Å². The van der Waals surface area contributed by atoms with Gasteiger partial charge in [0.15, 0.2) is 17.6 Å². The molecule has 0 aromatic heterocycles. The van der Waals surface area contributed by atoms with Gasteiger partial charge in [0.2, 0.25) is 12.6 Å². The van der Waals surface area contributed by atoms with Gasteiger partial charge in [-0.1, -0.05) is 6.07 Å². The van der Waals surface area contributed by atoms with Crippen LogP contribution in [-0.2, 0) is 25.7 Å². The summed E-state index contributed by atoms with van der Waals surface area (Å²) in [4.78, 5) is 10.1. The molecule has 2 fully saturated rings. The lowest BCUT2D eigenvalue weighted by Crippen LogP contribution is -2.62. The molecular weight excluding hydrogens is 596 g/mol. The average Bonchev–Trinajstić information content (AvgIpc) is 3.00. The van der Waals surface area contributed by atoms with Crippen molar-refractivity contribution in [2.75, 3.05) is 13.2 Å². The molecule has 0 bridgehead atoms. The lowest BCUT2D eigenvalue weighted by atomic mass is 9.93. The fraction of sp³-hybridized carbons (Fsp3) is 0.556. The summed E-state index contributed by atoms with van der Waals surface area (Å²) in [5.41, 5.74) is 0.589. The first kappa shape index (κ1) is 32.4. The second kappa shape index (κ2) is 13.1. The Kier molecular flexibility index (Phi) is 9.66. The van der Waals surface area contributed by atoms with Crippen molar-refractivity contribution in [3.8, 4) is 28.7 Å². The van der Waals surface area contributed by atoms with E-state index >= 15 is 0 Å². The molecule has 0 unspecified atom stereocenters. The Hall–Kier alpha value is -3.04. The maximum atomic E-state index is 10.8. The van der Waals surface area contributed by atoms with E-state index in [-0.39, 0.29) is 35.0 Å². The van der Waals surface area contributed by atoms with E-state index in [9.17, 15) is 56.2 Å². The first-order valence-electron chi connectivity index (χ1n) is 13.6. The van der Waals surface area contributed by atoms with E-state index in [4.69, 9.17) is 28.7 Å². The van der Waals surface area contributed by atoms with Crippen LogP contribution in [0.25, 0.3) is 0 Å². The van der Waals surface area contributed by atoms with Crippen LogP contribution in [0.3, 0.4) is 0 Å². The second-order valence-electron chi connectivity index (χ2n) is 10.7. The summed E-state index contributed by atoms with van der Waals surface area (Å²) in [6.07, 6.45) is -19.0. The molecule has 0 spiro atoms. The van der Waals surface area contributed by atoms with Crippen LogP contribution in [0.1, 0.15) is 17.2 Å². The van der Waals surface area contributed by atoms with Crippen LogP contribution in [0.15, 0.2) is 30.3 Å². The van der Waals surface area contributed by atoms with E-state index in [0.29, 0.717) is 5.56 Å². The van der Waals surface area contributed by atoms with Gasteiger partial charge in [-0.2, -0.15) is 0 Å². The Labute approximate surface area is 248 Å². The van der Waals surface area contributed by atoms with Crippen molar-refractivity contribution in [1.29, 1.82) is 0 Å². The Balaban J connectivity index is 1.29. The fourth-order valence-electron chi connectivity index (χ4n) is 5.22. The Bertz CT molecular complexity index is 1290. The van der Waals surface area contributed by atoms with Gasteiger partial charge in [-0.15, -0.1) is 0 Å². The number of phenols is 3. The highest BCUT2D eigenvalue weighted by Crippen LogP contribution is 2.44. The van der Waals surface area contributed by atoms with Crippen molar-refractivity contribution >= 4 is 0 Å². The predicted octanol–water partition coefficient (Wildman–Crippen LogP) is -3.22. The maximum Gasteiger partial charge on any atom is 0.229 e. The summed E-state index contributed by atoms with van der Waals surface area (Å²) in [6, 6.07) is 6.30. The number of aliphatic hydroxyl groups excluding tert-OH is 8. The van der Waals surface area contributed by atoms with Gasteiger partial charge in [-0.25, -0.2) is 9.78 Å². The van der Waals surface area contributed by atoms with Crippen LogP contribution >= 0.6 is 0 Å². The number of ether oxygens (including phenoxy) is 4. The summed E-state index contributed by atoms with van der Waals surface area (Å²) in [7, 11) is 0. The third kappa shape index (κ3) is 6.23. The summed E-state index contributed by atoms with van der Waals surface area (Å²) < 4.78 is 22.4. The first-order chi connectivity index (χ1) is 20.9. The third-order valence-corrected chi connectivity index (χ3v) is 7.67. The number of hydrogen-bond donors (Lipinski definition) is 11. The second-order valence-corrected chi connectivity index (χ2v) is 10.7. The highest BCUT2D eigenvalue weighted by Gasteiger charge is 2.50. The summed E-state index contributed by atoms with van der Waals surface area (Å²) in [5.74, 6) is -1.14. The van der Waals surface area contributed by atoms with Crippen molar-refractivity contribution in [3.63, 3.8) is 0 Å². The lowest BCUT2D eigenvalue weighted by Gasteiger charge is -2.43. The van der Waals surface area contributed by atoms with Gasteiger partial charge in [0.25, 0.3) is 0 Å². The van der Waals surface area contributed by atoms with Gasteiger partial charge in [-0.05, 0) is 17.7 Å². The van der Waals surface area contributed by atoms with Crippen LogP contribution in [-0.4, -0.2) is 137 Å². The number of phenolic OH excluding ortho intramolecular Hbond substituents is 3. The first-order valence-corrected chi connectivity index (χ1v) is 13.6. The van der Waals surface area contributed by atoms with Crippen LogP contribution < -0.4 is 9.47 Å². The molecule has 0 aliphatic carbocycles. The molecule has 5 rings (SSSR count). The zero-order valence-electron chi connectivity index (χ0n) is 22.8. The van der Waals surface area contributed by atoms with Crippen molar-refractivity contribution in [3.05, 3.63) is 41.5 Å². The molecule has 11 N–H and O–H groups in total. The minimum Gasteiger partial charge on any atom is -0.508 e. The quantitative estimate of drug-likeness (QED) is 0.0777. The van der Waals surface area contributed by atoms with E-state index in [2.05, 4.69) is 0 Å². The number of hydrogen-bond acceptors (Lipinski definition) is 17. The van der Waals surface area contributed by atoms with Crippen molar-refractivity contribution in [2.24, 2.45) is 0 Å². The molecule has 44 heavy (non-hydrogen) atoms. The largest absolute Gasteiger partial charge is 0.508 e. The predicted molar refractivity (Wildman–Crippen MR) is 139 cm³/mol. The molecule has 2 aromatic rings. The monoisotopic (exact) mass is 630 g/mol. The van der Waals surface area contributed by atoms with Crippen LogP contribution in [0, 0.1) is 0 Å². The molecule has 0 radical (unpaired) electrons. The van der Waals surface area contributed by atoms with E-state index in [1.807, 2.05) is 0 Å².